The zero-order chi connectivity index (χ0) is 18.7. The van der Waals surface area contributed by atoms with Crippen LogP contribution in [0.5, 0.6) is 0 Å². The predicted molar refractivity (Wildman–Crippen MR) is 94.2 cm³/mol. The van der Waals surface area contributed by atoms with Gasteiger partial charge in [0.2, 0.25) is 5.91 Å². The predicted octanol–water partition coefficient (Wildman–Crippen LogP) is 4.17. The monoisotopic (exact) mass is 358 g/mol. The highest BCUT2D eigenvalue weighted by Crippen LogP contribution is 2.30. The molecule has 0 fully saturated rings. The summed E-state index contributed by atoms with van der Waals surface area (Å²) < 4.78 is 38.5. The molecule has 0 bridgehead atoms. The molecule has 0 heterocycles. The summed E-state index contributed by atoms with van der Waals surface area (Å²) in [5, 5.41) is 4.81. The van der Waals surface area contributed by atoms with E-state index in [4.69, 9.17) is 5.73 Å². The van der Waals surface area contributed by atoms with E-state index in [-0.39, 0.29) is 6.54 Å². The summed E-state index contributed by atoms with van der Waals surface area (Å²) in [6.45, 7) is 0.0841. The molecule has 0 aromatic heterocycles. The first-order valence-corrected chi connectivity index (χ1v) is 8.03. The van der Waals surface area contributed by atoms with Crippen LogP contribution in [0.15, 0.2) is 66.7 Å². The van der Waals surface area contributed by atoms with Crippen molar-refractivity contribution < 1.29 is 18.0 Å². The van der Waals surface area contributed by atoms with Crippen molar-refractivity contribution in [1.29, 1.82) is 0 Å². The Bertz CT molecular complexity index is 932. The Balaban J connectivity index is 1.87. The first kappa shape index (κ1) is 17.9. The second-order valence-electron chi connectivity index (χ2n) is 5.98. The Hall–Kier alpha value is -2.86. The standard InChI is InChI=1S/C20H17F3N2O/c21-20(22,23)15-8-3-5-13(11-15)12-25-18(19(24)26)17-10-4-7-14-6-1-2-9-16(14)17/h1-11,18,25H,12H2,(H2,24,26). The van der Waals surface area contributed by atoms with Gasteiger partial charge in [-0.2, -0.15) is 13.2 Å². The number of hydrogen-bond donors (Lipinski definition) is 2. The minimum absolute atomic E-state index is 0.0841. The lowest BCUT2D eigenvalue weighted by Gasteiger charge is -2.18. The van der Waals surface area contributed by atoms with E-state index in [0.29, 0.717) is 11.1 Å². The summed E-state index contributed by atoms with van der Waals surface area (Å²) in [6, 6.07) is 17.3. The Morgan fingerprint density at radius 3 is 2.42 bits per heavy atom. The molecule has 1 amide bonds. The Labute approximate surface area is 148 Å². The fourth-order valence-corrected chi connectivity index (χ4v) is 2.94. The highest BCUT2D eigenvalue weighted by atomic mass is 19.4. The maximum atomic E-state index is 12.8. The van der Waals surface area contributed by atoms with Crippen LogP contribution in [-0.4, -0.2) is 5.91 Å². The summed E-state index contributed by atoms with van der Waals surface area (Å²) >= 11 is 0. The van der Waals surface area contributed by atoms with Gasteiger partial charge in [-0.3, -0.25) is 10.1 Å². The van der Waals surface area contributed by atoms with Crippen molar-refractivity contribution in [2.45, 2.75) is 18.8 Å². The van der Waals surface area contributed by atoms with Crippen molar-refractivity contribution in [1.82, 2.24) is 5.32 Å². The number of halogens is 3. The molecule has 0 spiro atoms. The molecule has 134 valence electrons. The molecule has 3 N–H and O–H groups in total. The molecular weight excluding hydrogens is 341 g/mol. The van der Waals surface area contributed by atoms with E-state index < -0.39 is 23.7 Å². The average Bonchev–Trinajstić information content (AvgIpc) is 2.61. The van der Waals surface area contributed by atoms with E-state index in [1.54, 1.807) is 12.1 Å². The van der Waals surface area contributed by atoms with Crippen LogP contribution in [-0.2, 0) is 17.5 Å². The SMILES string of the molecule is NC(=O)C(NCc1cccc(C(F)(F)F)c1)c1cccc2ccccc12. The molecule has 0 saturated carbocycles. The molecule has 6 heteroatoms. The number of fused-ring (bicyclic) bond motifs is 1. The highest BCUT2D eigenvalue weighted by Gasteiger charge is 2.30. The fourth-order valence-electron chi connectivity index (χ4n) is 2.94. The van der Waals surface area contributed by atoms with Crippen molar-refractivity contribution in [3.8, 4) is 0 Å². The third-order valence-electron chi connectivity index (χ3n) is 4.18. The largest absolute Gasteiger partial charge is 0.416 e. The Morgan fingerprint density at radius 2 is 1.69 bits per heavy atom. The second-order valence-corrected chi connectivity index (χ2v) is 5.98. The number of benzene rings is 3. The smallest absolute Gasteiger partial charge is 0.368 e. The summed E-state index contributed by atoms with van der Waals surface area (Å²) in [4.78, 5) is 12.0. The maximum absolute atomic E-state index is 12.8. The van der Waals surface area contributed by atoms with E-state index in [1.807, 2.05) is 36.4 Å². The minimum atomic E-state index is -4.41. The van der Waals surface area contributed by atoms with Gasteiger partial charge in [0, 0.05) is 6.54 Å². The third-order valence-corrected chi connectivity index (χ3v) is 4.18. The first-order valence-electron chi connectivity index (χ1n) is 8.03. The quantitative estimate of drug-likeness (QED) is 0.719. The summed E-state index contributed by atoms with van der Waals surface area (Å²) in [5.41, 5.74) is 5.94. The molecule has 1 unspecified atom stereocenters. The molecule has 0 saturated heterocycles. The van der Waals surface area contributed by atoms with Gasteiger partial charge in [0.05, 0.1) is 5.56 Å². The number of carbonyl (C=O) groups is 1. The second kappa shape index (κ2) is 7.17. The van der Waals surface area contributed by atoms with Crippen LogP contribution in [0.25, 0.3) is 10.8 Å². The maximum Gasteiger partial charge on any atom is 0.416 e. The van der Waals surface area contributed by atoms with E-state index >= 15 is 0 Å². The minimum Gasteiger partial charge on any atom is -0.368 e. The molecule has 0 aliphatic carbocycles. The molecule has 0 aliphatic rings. The molecule has 3 rings (SSSR count). The Morgan fingerprint density at radius 1 is 1.00 bits per heavy atom. The van der Waals surface area contributed by atoms with Gasteiger partial charge in [0.15, 0.2) is 0 Å². The number of rotatable bonds is 5. The van der Waals surface area contributed by atoms with Gasteiger partial charge in [-0.25, -0.2) is 0 Å². The zero-order valence-electron chi connectivity index (χ0n) is 13.8. The number of amides is 1. The molecule has 3 aromatic rings. The Kier molecular flexibility index (Phi) is 4.95. The molecule has 0 aliphatic heterocycles. The van der Waals surface area contributed by atoms with Crippen molar-refractivity contribution in [2.24, 2.45) is 5.73 Å². The van der Waals surface area contributed by atoms with Crippen LogP contribution in [0.2, 0.25) is 0 Å². The van der Waals surface area contributed by atoms with Crippen LogP contribution in [0.3, 0.4) is 0 Å². The number of carbonyl (C=O) groups excluding carboxylic acids is 1. The third kappa shape index (κ3) is 3.86. The van der Waals surface area contributed by atoms with Crippen LogP contribution in [0.4, 0.5) is 13.2 Å². The summed E-state index contributed by atoms with van der Waals surface area (Å²) in [7, 11) is 0. The van der Waals surface area contributed by atoms with Gasteiger partial charge in [-0.15, -0.1) is 0 Å². The number of hydrogen-bond acceptors (Lipinski definition) is 2. The van der Waals surface area contributed by atoms with E-state index in [9.17, 15) is 18.0 Å². The van der Waals surface area contributed by atoms with Gasteiger partial charge in [0.1, 0.15) is 6.04 Å². The van der Waals surface area contributed by atoms with E-state index in [2.05, 4.69) is 5.32 Å². The average molecular weight is 358 g/mol. The number of alkyl halides is 3. The first-order chi connectivity index (χ1) is 12.4. The van der Waals surface area contributed by atoms with Crippen LogP contribution < -0.4 is 11.1 Å². The van der Waals surface area contributed by atoms with Crippen molar-refractivity contribution in [3.63, 3.8) is 0 Å². The van der Waals surface area contributed by atoms with Gasteiger partial charge in [-0.05, 0) is 28.0 Å². The number of nitrogens with one attached hydrogen (secondary N) is 1. The lowest BCUT2D eigenvalue weighted by Crippen LogP contribution is -2.33. The van der Waals surface area contributed by atoms with Crippen LogP contribution >= 0.6 is 0 Å². The molecule has 26 heavy (non-hydrogen) atoms. The van der Waals surface area contributed by atoms with Crippen molar-refractivity contribution in [3.05, 3.63) is 83.4 Å². The van der Waals surface area contributed by atoms with Crippen LogP contribution in [0, 0.1) is 0 Å². The van der Waals surface area contributed by atoms with Crippen molar-refractivity contribution in [2.75, 3.05) is 0 Å². The lowest BCUT2D eigenvalue weighted by molar-refractivity contribution is -0.137. The normalized spacial score (nSPS) is 12.9. The molecule has 0 radical (unpaired) electrons. The van der Waals surface area contributed by atoms with E-state index in [1.165, 1.54) is 6.07 Å². The van der Waals surface area contributed by atoms with Gasteiger partial charge >= 0.3 is 6.18 Å². The molecule has 3 aromatic carbocycles. The zero-order valence-corrected chi connectivity index (χ0v) is 13.8. The van der Waals surface area contributed by atoms with Gasteiger partial charge < -0.3 is 5.73 Å². The summed E-state index contributed by atoms with van der Waals surface area (Å²) in [6.07, 6.45) is -4.41. The lowest BCUT2D eigenvalue weighted by atomic mass is 9.98. The van der Waals surface area contributed by atoms with Gasteiger partial charge in [0.25, 0.3) is 0 Å². The highest BCUT2D eigenvalue weighted by molar-refractivity contribution is 5.92. The molecular formula is C20H17F3N2O. The fraction of sp³-hybridized carbons (Fsp3) is 0.150. The number of primary amides is 1. The molecule has 3 nitrogen and oxygen atoms in total. The molecule has 1 atom stereocenters. The van der Waals surface area contributed by atoms with Crippen molar-refractivity contribution >= 4 is 16.7 Å². The summed E-state index contributed by atoms with van der Waals surface area (Å²) in [5.74, 6) is -0.590. The van der Waals surface area contributed by atoms with Gasteiger partial charge in [-0.1, -0.05) is 60.7 Å². The van der Waals surface area contributed by atoms with E-state index in [0.717, 1.165) is 22.9 Å². The topological polar surface area (TPSA) is 55.1 Å². The number of nitrogens with two attached hydrogens (primary N) is 1. The van der Waals surface area contributed by atoms with Crippen LogP contribution in [0.1, 0.15) is 22.7 Å².